The Morgan fingerprint density at radius 3 is 1.61 bits per heavy atom. The lowest BCUT2D eigenvalue weighted by Gasteiger charge is -2.41. The van der Waals surface area contributed by atoms with Gasteiger partial charge in [-0.15, -0.1) is 0 Å². The predicted molar refractivity (Wildman–Crippen MR) is 127 cm³/mol. The highest BCUT2D eigenvalue weighted by molar-refractivity contribution is 5.47. The van der Waals surface area contributed by atoms with Crippen LogP contribution in [0, 0.1) is 19.3 Å². The van der Waals surface area contributed by atoms with Crippen molar-refractivity contribution < 1.29 is 20.1 Å². The average molecular weight is 429 g/mol. The fourth-order valence-electron chi connectivity index (χ4n) is 4.09. The van der Waals surface area contributed by atoms with Crippen molar-refractivity contribution in [3.8, 4) is 5.75 Å². The lowest BCUT2D eigenvalue weighted by molar-refractivity contribution is -0.0755. The van der Waals surface area contributed by atoms with Crippen molar-refractivity contribution in [2.75, 3.05) is 19.8 Å². The van der Waals surface area contributed by atoms with Gasteiger partial charge in [-0.1, -0.05) is 77.9 Å². The number of rotatable bonds is 7. The summed E-state index contributed by atoms with van der Waals surface area (Å²) in [5, 5.41) is 31.1. The van der Waals surface area contributed by atoms with Crippen LogP contribution in [0.15, 0.2) is 36.4 Å². The Morgan fingerprint density at radius 2 is 1.16 bits per heavy atom. The van der Waals surface area contributed by atoms with Crippen LogP contribution in [0.5, 0.6) is 5.75 Å². The van der Waals surface area contributed by atoms with Gasteiger partial charge in [0, 0.05) is 0 Å². The SMILES string of the molecule is Cc1cccc(C(C)(C)C)c1OC(c1c(C)cccc1C(C)(C)C)C(CO)(CO)CO. The van der Waals surface area contributed by atoms with Crippen molar-refractivity contribution in [3.05, 3.63) is 64.2 Å². The van der Waals surface area contributed by atoms with Gasteiger partial charge < -0.3 is 20.1 Å². The number of ether oxygens (including phenoxy) is 1. The third kappa shape index (κ3) is 5.14. The zero-order valence-corrected chi connectivity index (χ0v) is 20.4. The maximum Gasteiger partial charge on any atom is 0.137 e. The largest absolute Gasteiger partial charge is 0.484 e. The Bertz CT molecular complexity index is 875. The minimum Gasteiger partial charge on any atom is -0.484 e. The molecule has 2 rings (SSSR count). The summed E-state index contributed by atoms with van der Waals surface area (Å²) in [5.74, 6) is 0.739. The van der Waals surface area contributed by atoms with Gasteiger partial charge in [-0.3, -0.25) is 0 Å². The molecule has 1 atom stereocenters. The second kappa shape index (κ2) is 9.32. The first-order chi connectivity index (χ1) is 14.3. The van der Waals surface area contributed by atoms with Crippen LogP contribution in [0.4, 0.5) is 0 Å². The summed E-state index contributed by atoms with van der Waals surface area (Å²) >= 11 is 0. The molecule has 4 nitrogen and oxygen atoms in total. The van der Waals surface area contributed by atoms with Gasteiger partial charge >= 0.3 is 0 Å². The smallest absolute Gasteiger partial charge is 0.137 e. The number of aliphatic hydroxyl groups is 3. The summed E-state index contributed by atoms with van der Waals surface area (Å²) in [7, 11) is 0. The van der Waals surface area contributed by atoms with Gasteiger partial charge in [0.15, 0.2) is 0 Å². The third-order valence-corrected chi connectivity index (χ3v) is 6.15. The molecule has 0 saturated carbocycles. The van der Waals surface area contributed by atoms with E-state index in [0.29, 0.717) is 0 Å². The van der Waals surface area contributed by atoms with Crippen LogP contribution in [0.3, 0.4) is 0 Å². The minimum atomic E-state index is -1.25. The molecule has 0 bridgehead atoms. The Labute approximate surface area is 187 Å². The normalized spacial score (nSPS) is 13.9. The van der Waals surface area contributed by atoms with Crippen LogP contribution in [0.1, 0.15) is 75.5 Å². The summed E-state index contributed by atoms with van der Waals surface area (Å²) in [6.45, 7) is 15.6. The van der Waals surface area contributed by atoms with E-state index < -0.39 is 31.3 Å². The first-order valence-electron chi connectivity index (χ1n) is 11.0. The zero-order valence-electron chi connectivity index (χ0n) is 20.4. The van der Waals surface area contributed by atoms with Gasteiger partial charge in [-0.2, -0.15) is 0 Å². The summed E-state index contributed by atoms with van der Waals surface area (Å²) in [4.78, 5) is 0. The molecular weight excluding hydrogens is 388 g/mol. The molecule has 4 heteroatoms. The molecule has 1 unspecified atom stereocenters. The molecule has 3 N–H and O–H groups in total. The maximum atomic E-state index is 10.4. The standard InChI is InChI=1S/C27H40O4/c1-18-11-9-13-20(25(3,4)5)22(18)24(27(15-28,16-29)17-30)31-23-19(2)12-10-14-21(23)26(6,7)8/h9-14,24,28-30H,15-17H2,1-8H3. The monoisotopic (exact) mass is 428 g/mol. The van der Waals surface area contributed by atoms with E-state index in [0.717, 1.165) is 33.6 Å². The van der Waals surface area contributed by atoms with E-state index in [2.05, 4.69) is 53.7 Å². The molecule has 0 heterocycles. The average Bonchev–Trinajstić information content (AvgIpc) is 2.68. The van der Waals surface area contributed by atoms with E-state index in [4.69, 9.17) is 4.74 Å². The molecule has 2 aromatic carbocycles. The predicted octanol–water partition coefficient (Wildman–Crippen LogP) is 4.98. The molecule has 0 radical (unpaired) electrons. The molecule has 0 aromatic heterocycles. The number of hydrogen-bond acceptors (Lipinski definition) is 4. The minimum absolute atomic E-state index is 0.162. The molecule has 0 aliphatic heterocycles. The summed E-state index contributed by atoms with van der Waals surface area (Å²) in [6, 6.07) is 12.2. The molecule has 172 valence electrons. The zero-order chi connectivity index (χ0) is 23.6. The number of para-hydroxylation sites is 1. The molecule has 0 fully saturated rings. The lowest BCUT2D eigenvalue weighted by atomic mass is 9.73. The summed E-state index contributed by atoms with van der Waals surface area (Å²) in [6.07, 6.45) is -0.731. The quantitative estimate of drug-likeness (QED) is 0.582. The highest BCUT2D eigenvalue weighted by atomic mass is 16.5. The number of hydrogen-bond donors (Lipinski definition) is 3. The van der Waals surface area contributed by atoms with E-state index in [9.17, 15) is 15.3 Å². The first kappa shape index (κ1) is 25.4. The van der Waals surface area contributed by atoms with E-state index in [1.54, 1.807) is 0 Å². The van der Waals surface area contributed by atoms with E-state index >= 15 is 0 Å². The van der Waals surface area contributed by atoms with Gasteiger partial charge in [-0.05, 0) is 52.5 Å². The van der Waals surface area contributed by atoms with Crippen molar-refractivity contribution in [3.63, 3.8) is 0 Å². The Balaban J connectivity index is 2.85. The van der Waals surface area contributed by atoms with Gasteiger partial charge in [0.1, 0.15) is 11.9 Å². The van der Waals surface area contributed by atoms with Crippen LogP contribution in [0.25, 0.3) is 0 Å². The maximum absolute atomic E-state index is 10.4. The highest BCUT2D eigenvalue weighted by Crippen LogP contribution is 2.45. The van der Waals surface area contributed by atoms with Crippen molar-refractivity contribution in [1.29, 1.82) is 0 Å². The second-order valence-electron chi connectivity index (χ2n) is 10.8. The molecule has 0 saturated heterocycles. The molecule has 0 amide bonds. The number of aryl methyl sites for hydroxylation is 2. The molecule has 0 spiro atoms. The fourth-order valence-corrected chi connectivity index (χ4v) is 4.09. The topological polar surface area (TPSA) is 69.9 Å². The van der Waals surface area contributed by atoms with E-state index in [1.165, 1.54) is 0 Å². The van der Waals surface area contributed by atoms with E-state index in [-0.39, 0.29) is 10.8 Å². The molecule has 0 aliphatic rings. The van der Waals surface area contributed by atoms with Crippen LogP contribution in [-0.4, -0.2) is 35.1 Å². The van der Waals surface area contributed by atoms with Gasteiger partial charge in [0.2, 0.25) is 0 Å². The summed E-state index contributed by atoms with van der Waals surface area (Å²) < 4.78 is 6.76. The van der Waals surface area contributed by atoms with Crippen molar-refractivity contribution in [2.45, 2.75) is 72.3 Å². The van der Waals surface area contributed by atoms with Crippen LogP contribution in [0.2, 0.25) is 0 Å². The second-order valence-corrected chi connectivity index (χ2v) is 10.8. The van der Waals surface area contributed by atoms with Crippen LogP contribution < -0.4 is 4.74 Å². The van der Waals surface area contributed by atoms with Gasteiger partial charge in [0.25, 0.3) is 0 Å². The Hall–Kier alpha value is -1.88. The Morgan fingerprint density at radius 1 is 0.710 bits per heavy atom. The molecule has 31 heavy (non-hydrogen) atoms. The van der Waals surface area contributed by atoms with Crippen LogP contribution in [-0.2, 0) is 10.8 Å². The first-order valence-corrected chi connectivity index (χ1v) is 11.0. The van der Waals surface area contributed by atoms with Crippen LogP contribution >= 0.6 is 0 Å². The van der Waals surface area contributed by atoms with Crippen molar-refractivity contribution >= 4 is 0 Å². The molecule has 0 aliphatic carbocycles. The summed E-state index contributed by atoms with van der Waals surface area (Å²) in [5.41, 5.74) is 3.42. The Kier molecular flexibility index (Phi) is 7.63. The van der Waals surface area contributed by atoms with Crippen molar-refractivity contribution in [1.82, 2.24) is 0 Å². The lowest BCUT2D eigenvalue weighted by Crippen LogP contribution is -2.44. The van der Waals surface area contributed by atoms with Gasteiger partial charge in [-0.25, -0.2) is 0 Å². The van der Waals surface area contributed by atoms with Crippen molar-refractivity contribution in [2.24, 2.45) is 5.41 Å². The fraction of sp³-hybridized carbons (Fsp3) is 0.556. The number of benzene rings is 2. The molecule has 2 aromatic rings. The highest BCUT2D eigenvalue weighted by Gasteiger charge is 2.44. The van der Waals surface area contributed by atoms with Gasteiger partial charge in [0.05, 0.1) is 25.2 Å². The molecular formula is C27H40O4. The third-order valence-electron chi connectivity index (χ3n) is 6.15. The van der Waals surface area contributed by atoms with E-state index in [1.807, 2.05) is 38.1 Å². The number of aliphatic hydroxyl groups excluding tert-OH is 3.